The van der Waals surface area contributed by atoms with Gasteiger partial charge in [0, 0.05) is 49.8 Å². The molecule has 2 aliphatic heterocycles. The SMILES string of the molecule is CCC(CC)(CNC(=NC)N1CCCC2(CNC(=O)C2)C1)SC. The quantitative estimate of drug-likeness (QED) is 0.594. The maximum atomic E-state index is 11.7. The molecule has 0 bridgehead atoms. The zero-order valence-corrected chi connectivity index (χ0v) is 15.9. The number of amides is 1. The zero-order valence-electron chi connectivity index (χ0n) is 15.1. The van der Waals surface area contributed by atoms with Crippen molar-refractivity contribution < 1.29 is 4.79 Å². The van der Waals surface area contributed by atoms with Gasteiger partial charge in [0.1, 0.15) is 0 Å². The lowest BCUT2D eigenvalue weighted by atomic mass is 9.79. The van der Waals surface area contributed by atoms with Crippen LogP contribution >= 0.6 is 11.8 Å². The highest BCUT2D eigenvalue weighted by Crippen LogP contribution is 2.36. The van der Waals surface area contributed by atoms with Crippen LogP contribution in [0.2, 0.25) is 0 Å². The number of nitrogens with one attached hydrogen (secondary N) is 2. The van der Waals surface area contributed by atoms with E-state index in [1.807, 2.05) is 18.8 Å². The largest absolute Gasteiger partial charge is 0.355 e. The van der Waals surface area contributed by atoms with Crippen molar-refractivity contribution in [2.45, 2.75) is 50.7 Å². The van der Waals surface area contributed by atoms with Gasteiger partial charge in [0.05, 0.1) is 0 Å². The summed E-state index contributed by atoms with van der Waals surface area (Å²) in [5, 5.41) is 6.61. The molecule has 0 radical (unpaired) electrons. The third kappa shape index (κ3) is 4.14. The number of hydrogen-bond donors (Lipinski definition) is 2. The summed E-state index contributed by atoms with van der Waals surface area (Å²) in [5.41, 5.74) is 0.110. The molecule has 0 aliphatic carbocycles. The molecule has 2 heterocycles. The predicted octanol–water partition coefficient (Wildman–Crippen LogP) is 2.09. The van der Waals surface area contributed by atoms with Crippen molar-refractivity contribution in [1.82, 2.24) is 15.5 Å². The van der Waals surface area contributed by atoms with Crippen LogP contribution in [-0.2, 0) is 4.79 Å². The highest BCUT2D eigenvalue weighted by molar-refractivity contribution is 8.00. The maximum Gasteiger partial charge on any atom is 0.220 e. The van der Waals surface area contributed by atoms with Gasteiger partial charge in [-0.2, -0.15) is 11.8 Å². The first-order chi connectivity index (χ1) is 11.0. The molecule has 23 heavy (non-hydrogen) atoms. The summed E-state index contributed by atoms with van der Waals surface area (Å²) in [5.74, 6) is 1.19. The maximum absolute atomic E-state index is 11.7. The van der Waals surface area contributed by atoms with Crippen molar-refractivity contribution in [2.24, 2.45) is 10.4 Å². The van der Waals surface area contributed by atoms with Gasteiger partial charge in [-0.05, 0) is 31.9 Å². The van der Waals surface area contributed by atoms with Gasteiger partial charge in [-0.1, -0.05) is 13.8 Å². The number of guanidine groups is 1. The Morgan fingerprint density at radius 2 is 2.22 bits per heavy atom. The number of thioether (sulfide) groups is 1. The van der Waals surface area contributed by atoms with Gasteiger partial charge in [0.2, 0.25) is 5.91 Å². The first kappa shape index (κ1) is 18.4. The Kier molecular flexibility index (Phi) is 6.23. The number of piperidine rings is 1. The Labute approximate surface area is 145 Å². The van der Waals surface area contributed by atoms with Crippen LogP contribution in [0.25, 0.3) is 0 Å². The summed E-state index contributed by atoms with van der Waals surface area (Å²) < 4.78 is 0.272. The van der Waals surface area contributed by atoms with E-state index >= 15 is 0 Å². The second-order valence-corrected chi connectivity index (χ2v) is 8.25. The molecule has 2 N–H and O–H groups in total. The molecule has 0 aromatic rings. The lowest BCUT2D eigenvalue weighted by Crippen LogP contribution is -2.53. The number of carbonyl (C=O) groups is 1. The van der Waals surface area contributed by atoms with Crippen LogP contribution < -0.4 is 10.6 Å². The van der Waals surface area contributed by atoms with E-state index in [0.717, 1.165) is 57.8 Å². The molecule has 1 amide bonds. The molecule has 2 rings (SSSR count). The lowest BCUT2D eigenvalue weighted by molar-refractivity contribution is -0.119. The number of likely N-dealkylation sites (tertiary alicyclic amines) is 1. The first-order valence-corrected chi connectivity index (χ1v) is 10.0. The van der Waals surface area contributed by atoms with Crippen LogP contribution in [0.1, 0.15) is 46.0 Å². The van der Waals surface area contributed by atoms with Crippen LogP contribution in [0.15, 0.2) is 4.99 Å². The number of aliphatic imine (C=N–C) groups is 1. The number of rotatable bonds is 5. The Morgan fingerprint density at radius 3 is 2.74 bits per heavy atom. The average molecular weight is 341 g/mol. The van der Waals surface area contributed by atoms with Crippen molar-refractivity contribution in [1.29, 1.82) is 0 Å². The van der Waals surface area contributed by atoms with Gasteiger partial charge in [-0.3, -0.25) is 9.79 Å². The highest BCUT2D eigenvalue weighted by Gasteiger charge is 2.42. The van der Waals surface area contributed by atoms with Crippen molar-refractivity contribution in [3.05, 3.63) is 0 Å². The molecule has 1 atom stereocenters. The number of nitrogens with zero attached hydrogens (tertiary/aromatic N) is 2. The van der Waals surface area contributed by atoms with Crippen LogP contribution in [-0.4, -0.2) is 61.0 Å². The molecule has 2 aliphatic rings. The van der Waals surface area contributed by atoms with Crippen molar-refractivity contribution in [3.8, 4) is 0 Å². The summed E-state index contributed by atoms with van der Waals surface area (Å²) >= 11 is 1.94. The fourth-order valence-electron chi connectivity index (χ4n) is 3.86. The smallest absolute Gasteiger partial charge is 0.220 e. The monoisotopic (exact) mass is 340 g/mol. The lowest BCUT2D eigenvalue weighted by Gasteiger charge is -2.41. The third-order valence-electron chi connectivity index (χ3n) is 5.66. The van der Waals surface area contributed by atoms with E-state index in [-0.39, 0.29) is 16.1 Å². The Hall–Kier alpha value is -0.910. The Morgan fingerprint density at radius 1 is 1.48 bits per heavy atom. The second kappa shape index (κ2) is 7.77. The van der Waals surface area contributed by atoms with Crippen LogP contribution in [0, 0.1) is 5.41 Å². The zero-order chi connectivity index (χ0) is 16.9. The van der Waals surface area contributed by atoms with Gasteiger partial charge in [-0.15, -0.1) is 0 Å². The van der Waals surface area contributed by atoms with E-state index in [2.05, 4.69) is 40.6 Å². The molecule has 0 aromatic heterocycles. The van der Waals surface area contributed by atoms with E-state index < -0.39 is 0 Å². The number of carbonyl (C=O) groups excluding carboxylic acids is 1. The van der Waals surface area contributed by atoms with Gasteiger partial charge < -0.3 is 15.5 Å². The molecule has 132 valence electrons. The van der Waals surface area contributed by atoms with Gasteiger partial charge in [0.15, 0.2) is 5.96 Å². The van der Waals surface area contributed by atoms with Gasteiger partial charge in [-0.25, -0.2) is 0 Å². The van der Waals surface area contributed by atoms with Crippen molar-refractivity contribution in [2.75, 3.05) is 39.5 Å². The second-order valence-electron chi connectivity index (χ2n) is 6.97. The Balaban J connectivity index is 1.99. The molecule has 1 unspecified atom stereocenters. The summed E-state index contributed by atoms with van der Waals surface area (Å²) in [7, 11) is 1.86. The number of hydrogen-bond acceptors (Lipinski definition) is 3. The fraction of sp³-hybridized carbons (Fsp3) is 0.882. The van der Waals surface area contributed by atoms with Crippen LogP contribution in [0.3, 0.4) is 0 Å². The molecule has 0 saturated carbocycles. The minimum Gasteiger partial charge on any atom is -0.355 e. The topological polar surface area (TPSA) is 56.7 Å². The summed E-state index contributed by atoms with van der Waals surface area (Å²) in [4.78, 5) is 18.5. The van der Waals surface area contributed by atoms with Crippen molar-refractivity contribution in [3.63, 3.8) is 0 Å². The molecule has 0 aromatic carbocycles. The molecular weight excluding hydrogens is 308 g/mol. The van der Waals surface area contributed by atoms with Crippen molar-refractivity contribution >= 4 is 23.6 Å². The minimum absolute atomic E-state index is 0.110. The Bertz CT molecular complexity index is 442. The molecule has 1 spiro atoms. The van der Waals surface area contributed by atoms with Crippen LogP contribution in [0.4, 0.5) is 0 Å². The first-order valence-electron chi connectivity index (χ1n) is 8.79. The van der Waals surface area contributed by atoms with E-state index in [1.54, 1.807) is 0 Å². The molecule has 2 fully saturated rings. The summed E-state index contributed by atoms with van der Waals surface area (Å²) in [6, 6.07) is 0. The standard InChI is InChI=1S/C17H32N4OS/c1-5-17(6-2,23-4)12-20-15(18-3)21-9-7-8-16(13-21)10-14(22)19-11-16/h5-13H2,1-4H3,(H,18,20)(H,19,22). The summed E-state index contributed by atoms with van der Waals surface area (Å²) in [6.45, 7) is 8.23. The highest BCUT2D eigenvalue weighted by atomic mass is 32.2. The molecule has 5 nitrogen and oxygen atoms in total. The minimum atomic E-state index is 0.110. The molecular formula is C17H32N4OS. The van der Waals surface area contributed by atoms with E-state index in [9.17, 15) is 4.79 Å². The average Bonchev–Trinajstić information content (AvgIpc) is 2.92. The fourth-order valence-corrected chi connectivity index (χ4v) is 4.66. The van der Waals surface area contributed by atoms with Gasteiger partial charge >= 0.3 is 0 Å². The van der Waals surface area contributed by atoms with E-state index in [0.29, 0.717) is 6.42 Å². The van der Waals surface area contributed by atoms with Crippen LogP contribution in [0.5, 0.6) is 0 Å². The third-order valence-corrected chi connectivity index (χ3v) is 7.25. The molecule has 6 heteroatoms. The molecule has 2 saturated heterocycles. The van der Waals surface area contributed by atoms with E-state index in [1.165, 1.54) is 0 Å². The van der Waals surface area contributed by atoms with E-state index in [4.69, 9.17) is 0 Å². The predicted molar refractivity (Wildman–Crippen MR) is 99.1 cm³/mol. The van der Waals surface area contributed by atoms with Gasteiger partial charge in [0.25, 0.3) is 0 Å². The normalized spacial score (nSPS) is 25.8. The summed E-state index contributed by atoms with van der Waals surface area (Å²) in [6.07, 6.45) is 7.43.